The van der Waals surface area contributed by atoms with Crippen LogP contribution < -0.4 is 5.32 Å². The first kappa shape index (κ1) is 21.1. The monoisotopic (exact) mass is 501 g/mol. The number of benzene rings is 2. The molecule has 4 rings (SSSR count). The van der Waals surface area contributed by atoms with E-state index in [1.54, 1.807) is 0 Å². The standard InChI is InChI=1S/C22H20BrN3O2S2/c23-18-7-5-16(6-8-18)19-12-30-22(24-19)25-20(27)13-29-14-21(28)26-10-9-15-3-1-2-4-17(15)11-26/h1-8,12H,9-11,13-14H2,(H,24,25,27). The summed E-state index contributed by atoms with van der Waals surface area (Å²) in [6, 6.07) is 16.1. The lowest BCUT2D eigenvalue weighted by Crippen LogP contribution is -2.37. The Kier molecular flexibility index (Phi) is 6.86. The summed E-state index contributed by atoms with van der Waals surface area (Å²) in [5.74, 6) is 0.462. The Morgan fingerprint density at radius 2 is 1.87 bits per heavy atom. The summed E-state index contributed by atoms with van der Waals surface area (Å²) in [6.45, 7) is 1.39. The van der Waals surface area contributed by atoms with E-state index in [-0.39, 0.29) is 17.6 Å². The highest BCUT2D eigenvalue weighted by atomic mass is 79.9. The number of amides is 2. The van der Waals surface area contributed by atoms with Crippen LogP contribution in [0.4, 0.5) is 5.13 Å². The second-order valence-electron chi connectivity index (χ2n) is 6.92. The molecule has 0 spiro atoms. The first-order valence-electron chi connectivity index (χ1n) is 9.52. The Morgan fingerprint density at radius 1 is 1.10 bits per heavy atom. The van der Waals surface area contributed by atoms with Gasteiger partial charge < -0.3 is 10.2 Å². The van der Waals surface area contributed by atoms with Gasteiger partial charge in [0.25, 0.3) is 0 Å². The summed E-state index contributed by atoms with van der Waals surface area (Å²) in [6.07, 6.45) is 0.887. The van der Waals surface area contributed by atoms with Gasteiger partial charge in [-0.15, -0.1) is 23.1 Å². The van der Waals surface area contributed by atoms with Gasteiger partial charge in [-0.25, -0.2) is 4.98 Å². The van der Waals surface area contributed by atoms with Gasteiger partial charge in [0.05, 0.1) is 17.2 Å². The van der Waals surface area contributed by atoms with Crippen LogP contribution >= 0.6 is 39.0 Å². The van der Waals surface area contributed by atoms with E-state index < -0.39 is 0 Å². The van der Waals surface area contributed by atoms with Gasteiger partial charge in [0.2, 0.25) is 11.8 Å². The topological polar surface area (TPSA) is 62.3 Å². The molecule has 1 aromatic heterocycles. The molecular formula is C22H20BrN3O2S2. The zero-order chi connectivity index (χ0) is 20.9. The van der Waals surface area contributed by atoms with Crippen molar-refractivity contribution in [2.45, 2.75) is 13.0 Å². The largest absolute Gasteiger partial charge is 0.337 e. The Hall–Kier alpha value is -2.16. The highest BCUT2D eigenvalue weighted by Crippen LogP contribution is 2.26. The van der Waals surface area contributed by atoms with Crippen LogP contribution in [0.2, 0.25) is 0 Å². The van der Waals surface area contributed by atoms with Gasteiger partial charge in [0.1, 0.15) is 0 Å². The second kappa shape index (κ2) is 9.76. The smallest absolute Gasteiger partial charge is 0.236 e. The summed E-state index contributed by atoms with van der Waals surface area (Å²) in [5.41, 5.74) is 4.36. The predicted octanol–water partition coefficient (Wildman–Crippen LogP) is 4.83. The van der Waals surface area contributed by atoms with Gasteiger partial charge in [0.15, 0.2) is 5.13 Å². The highest BCUT2D eigenvalue weighted by molar-refractivity contribution is 9.10. The molecule has 0 saturated heterocycles. The van der Waals surface area contributed by atoms with Crippen LogP contribution in [0.1, 0.15) is 11.1 Å². The van der Waals surface area contributed by atoms with E-state index in [1.165, 1.54) is 34.2 Å². The van der Waals surface area contributed by atoms with Crippen molar-refractivity contribution in [3.63, 3.8) is 0 Å². The van der Waals surface area contributed by atoms with E-state index in [4.69, 9.17) is 0 Å². The maximum Gasteiger partial charge on any atom is 0.236 e. The molecule has 30 heavy (non-hydrogen) atoms. The van der Waals surface area contributed by atoms with Crippen LogP contribution in [-0.2, 0) is 22.6 Å². The van der Waals surface area contributed by atoms with E-state index in [0.717, 1.165) is 28.7 Å². The molecule has 1 N–H and O–H groups in total. The van der Waals surface area contributed by atoms with Gasteiger partial charge >= 0.3 is 0 Å². The third-order valence-electron chi connectivity index (χ3n) is 4.83. The summed E-state index contributed by atoms with van der Waals surface area (Å²) < 4.78 is 1.01. The minimum Gasteiger partial charge on any atom is -0.337 e. The molecule has 0 radical (unpaired) electrons. The molecule has 2 amide bonds. The zero-order valence-corrected chi connectivity index (χ0v) is 19.4. The average Bonchev–Trinajstić information content (AvgIpc) is 3.22. The van der Waals surface area contributed by atoms with Crippen LogP contribution in [-0.4, -0.2) is 39.7 Å². The Bertz CT molecular complexity index is 1050. The van der Waals surface area contributed by atoms with Gasteiger partial charge in [0, 0.05) is 28.5 Å². The van der Waals surface area contributed by atoms with E-state index in [0.29, 0.717) is 17.4 Å². The number of nitrogens with one attached hydrogen (secondary N) is 1. The molecule has 5 nitrogen and oxygen atoms in total. The number of hydrogen-bond acceptors (Lipinski definition) is 5. The number of nitrogens with zero attached hydrogens (tertiary/aromatic N) is 2. The third-order valence-corrected chi connectivity index (χ3v) is 7.04. The van der Waals surface area contributed by atoms with Gasteiger partial charge in [-0.1, -0.05) is 52.3 Å². The first-order chi connectivity index (χ1) is 14.6. The number of fused-ring (bicyclic) bond motifs is 1. The zero-order valence-electron chi connectivity index (χ0n) is 16.1. The maximum atomic E-state index is 12.5. The second-order valence-corrected chi connectivity index (χ2v) is 9.68. The molecule has 0 fully saturated rings. The summed E-state index contributed by atoms with van der Waals surface area (Å²) in [7, 11) is 0. The summed E-state index contributed by atoms with van der Waals surface area (Å²) in [4.78, 5) is 31.1. The van der Waals surface area contributed by atoms with Crippen LogP contribution in [0.25, 0.3) is 11.3 Å². The van der Waals surface area contributed by atoms with Gasteiger partial charge in [-0.05, 0) is 29.7 Å². The lowest BCUT2D eigenvalue weighted by atomic mass is 10.00. The minimum atomic E-state index is -0.145. The van der Waals surface area contributed by atoms with E-state index in [2.05, 4.69) is 38.4 Å². The number of halogens is 1. The average molecular weight is 502 g/mol. The maximum absolute atomic E-state index is 12.5. The Balaban J connectivity index is 1.23. The fourth-order valence-corrected chi connectivity index (χ4v) is 4.99. The molecule has 0 aliphatic carbocycles. The van der Waals surface area contributed by atoms with E-state index in [9.17, 15) is 9.59 Å². The fraction of sp³-hybridized carbons (Fsp3) is 0.227. The van der Waals surface area contributed by atoms with Crippen molar-refractivity contribution in [2.75, 3.05) is 23.4 Å². The van der Waals surface area contributed by atoms with Crippen molar-refractivity contribution < 1.29 is 9.59 Å². The predicted molar refractivity (Wildman–Crippen MR) is 127 cm³/mol. The first-order valence-corrected chi connectivity index (χ1v) is 12.3. The van der Waals surface area contributed by atoms with Crippen molar-refractivity contribution in [2.24, 2.45) is 0 Å². The number of hydrogen-bond donors (Lipinski definition) is 1. The number of rotatable bonds is 6. The number of carbonyl (C=O) groups excluding carboxylic acids is 2. The van der Waals surface area contributed by atoms with Crippen molar-refractivity contribution >= 4 is 56.0 Å². The van der Waals surface area contributed by atoms with Crippen LogP contribution in [0.5, 0.6) is 0 Å². The van der Waals surface area contributed by atoms with Crippen molar-refractivity contribution in [3.05, 3.63) is 69.5 Å². The van der Waals surface area contributed by atoms with Gasteiger partial charge in [-0.3, -0.25) is 9.59 Å². The molecule has 0 unspecified atom stereocenters. The van der Waals surface area contributed by atoms with Gasteiger partial charge in [-0.2, -0.15) is 0 Å². The molecular weight excluding hydrogens is 482 g/mol. The number of thiazole rings is 1. The normalized spacial score (nSPS) is 13.0. The van der Waals surface area contributed by atoms with Crippen LogP contribution in [0, 0.1) is 0 Å². The SMILES string of the molecule is O=C(CSCC(=O)N1CCc2ccccc2C1)Nc1nc(-c2ccc(Br)cc2)cs1. The molecule has 0 atom stereocenters. The Morgan fingerprint density at radius 3 is 2.67 bits per heavy atom. The molecule has 154 valence electrons. The lowest BCUT2D eigenvalue weighted by Gasteiger charge is -2.28. The summed E-state index contributed by atoms with van der Waals surface area (Å²) in [5, 5.41) is 5.31. The van der Waals surface area contributed by atoms with Crippen molar-refractivity contribution in [3.8, 4) is 11.3 Å². The van der Waals surface area contributed by atoms with E-state index in [1.807, 2.05) is 46.7 Å². The quantitative estimate of drug-likeness (QED) is 0.525. The third kappa shape index (κ3) is 5.30. The highest BCUT2D eigenvalue weighted by Gasteiger charge is 2.20. The molecule has 2 heterocycles. The number of aromatic nitrogens is 1. The fourth-order valence-electron chi connectivity index (χ4n) is 3.27. The number of anilines is 1. The molecule has 0 bridgehead atoms. The van der Waals surface area contributed by atoms with Crippen molar-refractivity contribution in [1.29, 1.82) is 0 Å². The van der Waals surface area contributed by atoms with E-state index >= 15 is 0 Å². The van der Waals surface area contributed by atoms with Crippen LogP contribution in [0.15, 0.2) is 58.4 Å². The molecule has 2 aromatic carbocycles. The van der Waals surface area contributed by atoms with Crippen LogP contribution in [0.3, 0.4) is 0 Å². The number of thioether (sulfide) groups is 1. The number of carbonyl (C=O) groups is 2. The Labute approximate surface area is 192 Å². The molecule has 1 aliphatic heterocycles. The molecule has 0 saturated carbocycles. The van der Waals surface area contributed by atoms with Crippen molar-refractivity contribution in [1.82, 2.24) is 9.88 Å². The summed E-state index contributed by atoms with van der Waals surface area (Å²) >= 11 is 6.15. The molecule has 1 aliphatic rings. The minimum absolute atomic E-state index is 0.0778. The lowest BCUT2D eigenvalue weighted by molar-refractivity contribution is -0.129. The molecule has 3 aromatic rings. The molecule has 8 heteroatoms.